The van der Waals surface area contributed by atoms with Crippen molar-refractivity contribution in [1.82, 2.24) is 4.90 Å². The minimum absolute atomic E-state index is 0.457. The van der Waals surface area contributed by atoms with Crippen LogP contribution in [0.15, 0.2) is 0 Å². The summed E-state index contributed by atoms with van der Waals surface area (Å²) in [7, 11) is 1.98. The van der Waals surface area contributed by atoms with Crippen molar-refractivity contribution in [2.24, 2.45) is 5.73 Å². The first-order chi connectivity index (χ1) is 5.54. The Kier molecular flexibility index (Phi) is 2.69. The van der Waals surface area contributed by atoms with Crippen LogP contribution in [0.3, 0.4) is 0 Å². The topological polar surface area (TPSA) is 66.6 Å². The van der Waals surface area contributed by atoms with Crippen molar-refractivity contribution in [2.45, 2.75) is 24.9 Å². The molecule has 1 unspecified atom stereocenters. The second kappa shape index (κ2) is 3.41. The van der Waals surface area contributed by atoms with Crippen LogP contribution in [0.1, 0.15) is 19.3 Å². The molecule has 0 aromatic heterocycles. The molecule has 1 aliphatic rings. The van der Waals surface area contributed by atoms with Gasteiger partial charge in [0.15, 0.2) is 0 Å². The van der Waals surface area contributed by atoms with Crippen LogP contribution in [-0.2, 0) is 4.79 Å². The largest absolute Gasteiger partial charge is 0.380 e. The average Bonchev–Trinajstić information content (AvgIpc) is 2.15. The van der Waals surface area contributed by atoms with E-state index in [9.17, 15) is 9.90 Å². The number of amides is 1. The summed E-state index contributed by atoms with van der Waals surface area (Å²) in [6.45, 7) is 1.66. The molecule has 1 heterocycles. The van der Waals surface area contributed by atoms with Crippen molar-refractivity contribution in [1.29, 1.82) is 0 Å². The quantitative estimate of drug-likeness (QED) is 0.550. The zero-order chi connectivity index (χ0) is 9.19. The van der Waals surface area contributed by atoms with Crippen LogP contribution in [-0.4, -0.2) is 41.7 Å². The summed E-state index contributed by atoms with van der Waals surface area (Å²) < 4.78 is 0. The Labute approximate surface area is 72.3 Å². The normalized spacial score (nSPS) is 32.8. The molecular weight excluding hydrogens is 156 g/mol. The predicted octanol–water partition coefficient (Wildman–Crippen LogP) is -0.681. The lowest BCUT2D eigenvalue weighted by Gasteiger charge is -2.21. The van der Waals surface area contributed by atoms with Crippen LogP contribution in [0.4, 0.5) is 0 Å². The van der Waals surface area contributed by atoms with E-state index in [4.69, 9.17) is 5.73 Å². The highest BCUT2D eigenvalue weighted by Crippen LogP contribution is 2.20. The summed E-state index contributed by atoms with van der Waals surface area (Å²) >= 11 is 0. The number of rotatable bonds is 1. The average molecular weight is 172 g/mol. The zero-order valence-corrected chi connectivity index (χ0v) is 7.42. The van der Waals surface area contributed by atoms with Crippen LogP contribution < -0.4 is 5.73 Å². The number of carbonyl (C=O) groups is 1. The second-order valence-corrected chi connectivity index (χ2v) is 3.55. The monoisotopic (exact) mass is 172 g/mol. The van der Waals surface area contributed by atoms with Gasteiger partial charge in [-0.25, -0.2) is 0 Å². The number of primary amides is 1. The van der Waals surface area contributed by atoms with Gasteiger partial charge in [-0.05, 0) is 32.9 Å². The van der Waals surface area contributed by atoms with E-state index in [1.807, 2.05) is 7.05 Å². The van der Waals surface area contributed by atoms with Gasteiger partial charge < -0.3 is 15.7 Å². The lowest BCUT2D eigenvalue weighted by molar-refractivity contribution is -0.137. The molecule has 0 bridgehead atoms. The molecule has 3 N–H and O–H groups in total. The minimum Gasteiger partial charge on any atom is -0.380 e. The smallest absolute Gasteiger partial charge is 0.249 e. The maximum Gasteiger partial charge on any atom is 0.249 e. The van der Waals surface area contributed by atoms with E-state index in [0.717, 1.165) is 19.5 Å². The molecule has 1 saturated heterocycles. The van der Waals surface area contributed by atoms with Gasteiger partial charge in [0.1, 0.15) is 5.60 Å². The third kappa shape index (κ3) is 1.95. The number of likely N-dealkylation sites (tertiary alicyclic amines) is 1. The molecular formula is C8H16N2O2. The molecule has 0 aromatic carbocycles. The van der Waals surface area contributed by atoms with Crippen molar-refractivity contribution in [3.05, 3.63) is 0 Å². The van der Waals surface area contributed by atoms with Gasteiger partial charge in [0, 0.05) is 6.54 Å². The molecule has 0 saturated carbocycles. The molecule has 1 rings (SSSR count). The number of hydrogen-bond acceptors (Lipinski definition) is 3. The molecule has 4 heteroatoms. The highest BCUT2D eigenvalue weighted by Gasteiger charge is 2.34. The Bertz CT molecular complexity index is 184. The number of carbonyl (C=O) groups excluding carboxylic acids is 1. The summed E-state index contributed by atoms with van der Waals surface area (Å²) in [4.78, 5) is 13.0. The van der Waals surface area contributed by atoms with E-state index < -0.39 is 11.5 Å². The molecule has 4 nitrogen and oxygen atoms in total. The Morgan fingerprint density at radius 1 is 1.50 bits per heavy atom. The number of nitrogens with two attached hydrogens (primary N) is 1. The first-order valence-electron chi connectivity index (χ1n) is 4.25. The SMILES string of the molecule is CN1CCCC(O)(C(N)=O)CC1. The van der Waals surface area contributed by atoms with E-state index in [0.29, 0.717) is 12.8 Å². The van der Waals surface area contributed by atoms with Gasteiger partial charge in [0.2, 0.25) is 5.91 Å². The van der Waals surface area contributed by atoms with E-state index in [1.165, 1.54) is 0 Å². The summed E-state index contributed by atoms with van der Waals surface area (Å²) in [5.74, 6) is -0.585. The number of aliphatic hydroxyl groups is 1. The van der Waals surface area contributed by atoms with Crippen LogP contribution in [0.2, 0.25) is 0 Å². The third-order valence-corrected chi connectivity index (χ3v) is 2.50. The standard InChI is InChI=1S/C8H16N2O2/c1-10-5-2-3-8(12,4-6-10)7(9)11/h12H,2-6H2,1H3,(H2,9,11). The first-order valence-corrected chi connectivity index (χ1v) is 4.25. The van der Waals surface area contributed by atoms with Crippen molar-refractivity contribution in [3.63, 3.8) is 0 Å². The van der Waals surface area contributed by atoms with E-state index >= 15 is 0 Å². The van der Waals surface area contributed by atoms with E-state index in [-0.39, 0.29) is 0 Å². The van der Waals surface area contributed by atoms with Gasteiger partial charge in [-0.1, -0.05) is 0 Å². The van der Waals surface area contributed by atoms with E-state index in [2.05, 4.69) is 4.90 Å². The Morgan fingerprint density at radius 3 is 2.75 bits per heavy atom. The first kappa shape index (κ1) is 9.48. The lowest BCUT2D eigenvalue weighted by atomic mass is 9.94. The fourth-order valence-electron chi connectivity index (χ4n) is 1.50. The van der Waals surface area contributed by atoms with Gasteiger partial charge in [-0.3, -0.25) is 4.79 Å². The van der Waals surface area contributed by atoms with Crippen LogP contribution in [0, 0.1) is 0 Å². The maximum atomic E-state index is 10.9. The molecule has 1 amide bonds. The molecule has 1 atom stereocenters. The van der Waals surface area contributed by atoms with Crippen molar-refractivity contribution >= 4 is 5.91 Å². The number of nitrogens with zero attached hydrogens (tertiary/aromatic N) is 1. The van der Waals surface area contributed by atoms with Gasteiger partial charge >= 0.3 is 0 Å². The summed E-state index contributed by atoms with van der Waals surface area (Å²) in [5, 5.41) is 9.75. The molecule has 12 heavy (non-hydrogen) atoms. The Balaban J connectivity index is 2.61. The zero-order valence-electron chi connectivity index (χ0n) is 7.42. The third-order valence-electron chi connectivity index (χ3n) is 2.50. The van der Waals surface area contributed by atoms with Crippen LogP contribution in [0.25, 0.3) is 0 Å². The van der Waals surface area contributed by atoms with Gasteiger partial charge in [0.05, 0.1) is 0 Å². The minimum atomic E-state index is -1.26. The fourth-order valence-corrected chi connectivity index (χ4v) is 1.50. The van der Waals surface area contributed by atoms with Gasteiger partial charge in [-0.15, -0.1) is 0 Å². The van der Waals surface area contributed by atoms with Crippen LogP contribution >= 0.6 is 0 Å². The molecule has 1 aliphatic heterocycles. The second-order valence-electron chi connectivity index (χ2n) is 3.55. The highest BCUT2D eigenvalue weighted by molar-refractivity contribution is 5.83. The molecule has 0 radical (unpaired) electrons. The molecule has 0 aliphatic carbocycles. The fraction of sp³-hybridized carbons (Fsp3) is 0.875. The summed E-state index contributed by atoms with van der Waals surface area (Å²) in [6.07, 6.45) is 1.78. The molecule has 70 valence electrons. The van der Waals surface area contributed by atoms with E-state index in [1.54, 1.807) is 0 Å². The Morgan fingerprint density at radius 2 is 2.17 bits per heavy atom. The Hall–Kier alpha value is -0.610. The van der Waals surface area contributed by atoms with Crippen molar-refractivity contribution < 1.29 is 9.90 Å². The molecule has 1 fully saturated rings. The number of hydrogen-bond donors (Lipinski definition) is 2. The maximum absolute atomic E-state index is 10.9. The van der Waals surface area contributed by atoms with Crippen LogP contribution in [0.5, 0.6) is 0 Å². The summed E-state index contributed by atoms with van der Waals surface area (Å²) in [6, 6.07) is 0. The predicted molar refractivity (Wildman–Crippen MR) is 45.5 cm³/mol. The molecule has 0 aromatic rings. The highest BCUT2D eigenvalue weighted by atomic mass is 16.3. The lowest BCUT2D eigenvalue weighted by Crippen LogP contribution is -2.44. The van der Waals surface area contributed by atoms with Gasteiger partial charge in [-0.2, -0.15) is 0 Å². The molecule has 0 spiro atoms. The van der Waals surface area contributed by atoms with Gasteiger partial charge in [0.25, 0.3) is 0 Å². The van der Waals surface area contributed by atoms with Crippen molar-refractivity contribution in [3.8, 4) is 0 Å². The van der Waals surface area contributed by atoms with Crippen molar-refractivity contribution in [2.75, 3.05) is 20.1 Å². The summed E-state index contributed by atoms with van der Waals surface area (Å²) in [5.41, 5.74) is 3.85.